The molecule has 0 aliphatic carbocycles. The summed E-state index contributed by atoms with van der Waals surface area (Å²) in [5.41, 5.74) is 1.53. The minimum atomic E-state index is -0.191. The molecule has 0 unspecified atom stereocenters. The zero-order valence-corrected chi connectivity index (χ0v) is 11.5. The molecule has 0 saturated carbocycles. The van der Waals surface area contributed by atoms with Crippen molar-refractivity contribution in [2.45, 2.75) is 18.8 Å². The van der Waals surface area contributed by atoms with Gasteiger partial charge in [-0.25, -0.2) is 14.4 Å². The molecular weight excluding hydrogens is 267 g/mol. The maximum Gasteiger partial charge on any atom is 0.158 e. The summed E-state index contributed by atoms with van der Waals surface area (Å²) in [5, 5.41) is 8.73. The lowest BCUT2D eigenvalue weighted by Crippen LogP contribution is -2.33. The van der Waals surface area contributed by atoms with Crippen LogP contribution in [-0.4, -0.2) is 23.1 Å². The van der Waals surface area contributed by atoms with Gasteiger partial charge in [0.05, 0.1) is 12.4 Å². The van der Waals surface area contributed by atoms with E-state index in [9.17, 15) is 4.39 Å². The zero-order valence-electron chi connectivity index (χ0n) is 11.5. The van der Waals surface area contributed by atoms with Crippen LogP contribution in [0.1, 0.15) is 30.0 Å². The number of hydrogen-bond acceptors (Lipinski definition) is 4. The molecule has 5 heteroatoms. The molecular formula is C16H15FN4. The summed E-state index contributed by atoms with van der Waals surface area (Å²) in [4.78, 5) is 10.5. The lowest BCUT2D eigenvalue weighted by Gasteiger charge is -2.32. The topological polar surface area (TPSA) is 52.8 Å². The van der Waals surface area contributed by atoms with Crippen LogP contribution in [-0.2, 0) is 0 Å². The molecule has 1 aliphatic rings. The van der Waals surface area contributed by atoms with Gasteiger partial charge in [-0.05, 0) is 36.5 Å². The molecule has 0 N–H and O–H groups in total. The number of anilines is 1. The van der Waals surface area contributed by atoms with Gasteiger partial charge >= 0.3 is 0 Å². The van der Waals surface area contributed by atoms with E-state index in [-0.39, 0.29) is 5.82 Å². The molecule has 2 aromatic rings. The van der Waals surface area contributed by atoms with Crippen LogP contribution in [0.15, 0.2) is 36.7 Å². The molecule has 21 heavy (non-hydrogen) atoms. The summed E-state index contributed by atoms with van der Waals surface area (Å²) < 4.78 is 13.0. The fourth-order valence-corrected chi connectivity index (χ4v) is 2.72. The third-order valence-electron chi connectivity index (χ3n) is 3.91. The smallest absolute Gasteiger partial charge is 0.158 e. The van der Waals surface area contributed by atoms with E-state index in [0.717, 1.165) is 31.7 Å². The van der Waals surface area contributed by atoms with E-state index >= 15 is 0 Å². The van der Waals surface area contributed by atoms with Gasteiger partial charge in [0.2, 0.25) is 0 Å². The zero-order chi connectivity index (χ0) is 14.7. The quantitative estimate of drug-likeness (QED) is 0.850. The maximum absolute atomic E-state index is 13.0. The molecule has 0 atom stereocenters. The first-order valence-electron chi connectivity index (χ1n) is 6.99. The van der Waals surface area contributed by atoms with Gasteiger partial charge in [-0.15, -0.1) is 0 Å². The van der Waals surface area contributed by atoms with Gasteiger partial charge in [0.25, 0.3) is 0 Å². The van der Waals surface area contributed by atoms with Crippen LogP contribution in [0.4, 0.5) is 10.2 Å². The van der Waals surface area contributed by atoms with Gasteiger partial charge in [0.1, 0.15) is 17.7 Å². The number of halogens is 1. The highest BCUT2D eigenvalue weighted by Gasteiger charge is 2.21. The Labute approximate surface area is 122 Å². The predicted octanol–water partition coefficient (Wildman–Crippen LogP) is 2.87. The summed E-state index contributed by atoms with van der Waals surface area (Å²) in [6.07, 6.45) is 5.17. The van der Waals surface area contributed by atoms with Crippen molar-refractivity contribution in [3.63, 3.8) is 0 Å². The van der Waals surface area contributed by atoms with Gasteiger partial charge in [-0.1, -0.05) is 12.1 Å². The Kier molecular flexibility index (Phi) is 3.78. The Balaban J connectivity index is 1.64. The first-order chi connectivity index (χ1) is 10.3. The van der Waals surface area contributed by atoms with Gasteiger partial charge in [0.15, 0.2) is 5.69 Å². The SMILES string of the molecule is N#Cc1cnc(N2CCC(c3ccc(F)cc3)CC2)cn1. The van der Waals surface area contributed by atoms with Crippen molar-refractivity contribution in [2.75, 3.05) is 18.0 Å². The van der Waals surface area contributed by atoms with E-state index in [4.69, 9.17) is 5.26 Å². The largest absolute Gasteiger partial charge is 0.355 e. The van der Waals surface area contributed by atoms with Gasteiger partial charge in [0, 0.05) is 13.1 Å². The van der Waals surface area contributed by atoms with Crippen molar-refractivity contribution in [3.05, 3.63) is 53.7 Å². The molecule has 106 valence electrons. The highest BCUT2D eigenvalue weighted by molar-refractivity contribution is 5.38. The second-order valence-corrected chi connectivity index (χ2v) is 5.18. The summed E-state index contributed by atoms with van der Waals surface area (Å²) in [6.45, 7) is 1.78. The Hall–Kier alpha value is -2.48. The molecule has 0 radical (unpaired) electrons. The van der Waals surface area contributed by atoms with Crippen molar-refractivity contribution in [2.24, 2.45) is 0 Å². The highest BCUT2D eigenvalue weighted by atomic mass is 19.1. The first-order valence-corrected chi connectivity index (χ1v) is 6.99. The van der Waals surface area contributed by atoms with E-state index in [2.05, 4.69) is 14.9 Å². The Morgan fingerprint density at radius 3 is 2.38 bits per heavy atom. The van der Waals surface area contributed by atoms with Crippen molar-refractivity contribution in [1.29, 1.82) is 5.26 Å². The van der Waals surface area contributed by atoms with E-state index < -0.39 is 0 Å². The van der Waals surface area contributed by atoms with E-state index in [0.29, 0.717) is 11.6 Å². The minimum Gasteiger partial charge on any atom is -0.355 e. The number of nitrogens with zero attached hydrogens (tertiary/aromatic N) is 4. The fourth-order valence-electron chi connectivity index (χ4n) is 2.72. The van der Waals surface area contributed by atoms with Crippen LogP contribution < -0.4 is 4.90 Å². The number of hydrogen-bond donors (Lipinski definition) is 0. The molecule has 3 rings (SSSR count). The summed E-state index contributed by atoms with van der Waals surface area (Å²) in [5.74, 6) is 1.09. The molecule has 1 aromatic carbocycles. The predicted molar refractivity (Wildman–Crippen MR) is 77.3 cm³/mol. The molecule has 1 aliphatic heterocycles. The molecule has 0 bridgehead atoms. The number of piperidine rings is 1. The normalized spacial score (nSPS) is 15.7. The lowest BCUT2D eigenvalue weighted by atomic mass is 9.89. The third-order valence-corrected chi connectivity index (χ3v) is 3.91. The number of aromatic nitrogens is 2. The summed E-state index contributed by atoms with van der Waals surface area (Å²) >= 11 is 0. The molecule has 0 amide bonds. The van der Waals surface area contributed by atoms with Crippen LogP contribution in [0.5, 0.6) is 0 Å². The monoisotopic (exact) mass is 282 g/mol. The van der Waals surface area contributed by atoms with E-state index in [1.54, 1.807) is 6.20 Å². The number of rotatable bonds is 2. The third kappa shape index (κ3) is 3.00. The van der Waals surface area contributed by atoms with E-state index in [1.807, 2.05) is 18.2 Å². The highest BCUT2D eigenvalue weighted by Crippen LogP contribution is 2.29. The van der Waals surface area contributed by atoms with Crippen molar-refractivity contribution >= 4 is 5.82 Å². The van der Waals surface area contributed by atoms with Crippen molar-refractivity contribution in [3.8, 4) is 6.07 Å². The van der Waals surface area contributed by atoms with Gasteiger partial charge in [-0.3, -0.25) is 0 Å². The number of nitriles is 1. The minimum absolute atomic E-state index is 0.191. The first kappa shape index (κ1) is 13.5. The average Bonchev–Trinajstić information content (AvgIpc) is 2.56. The van der Waals surface area contributed by atoms with Crippen LogP contribution in [0, 0.1) is 17.1 Å². The summed E-state index contributed by atoms with van der Waals surface area (Å²) in [6, 6.07) is 8.76. The van der Waals surface area contributed by atoms with Crippen molar-refractivity contribution in [1.82, 2.24) is 9.97 Å². The molecule has 1 saturated heterocycles. The molecule has 0 spiro atoms. The second-order valence-electron chi connectivity index (χ2n) is 5.18. The van der Waals surface area contributed by atoms with Crippen LogP contribution in [0.25, 0.3) is 0 Å². The van der Waals surface area contributed by atoms with Crippen LogP contribution in [0.2, 0.25) is 0 Å². The lowest BCUT2D eigenvalue weighted by molar-refractivity contribution is 0.501. The van der Waals surface area contributed by atoms with Gasteiger partial charge < -0.3 is 4.90 Å². The molecule has 4 nitrogen and oxygen atoms in total. The molecule has 1 fully saturated rings. The maximum atomic E-state index is 13.0. The van der Waals surface area contributed by atoms with Crippen LogP contribution in [0.3, 0.4) is 0 Å². The second kappa shape index (κ2) is 5.88. The average molecular weight is 282 g/mol. The van der Waals surface area contributed by atoms with Gasteiger partial charge in [-0.2, -0.15) is 5.26 Å². The fraction of sp³-hybridized carbons (Fsp3) is 0.312. The Morgan fingerprint density at radius 1 is 1.10 bits per heavy atom. The Bertz CT molecular complexity index is 637. The Morgan fingerprint density at radius 2 is 1.81 bits per heavy atom. The standard InChI is InChI=1S/C16H15FN4/c17-14-3-1-12(2-4-14)13-5-7-21(8-6-13)16-11-19-15(9-18)10-20-16/h1-4,10-11,13H,5-8H2. The molecule has 2 heterocycles. The van der Waals surface area contributed by atoms with Crippen LogP contribution >= 0.6 is 0 Å². The number of benzene rings is 1. The molecule has 1 aromatic heterocycles. The summed E-state index contributed by atoms with van der Waals surface area (Å²) in [7, 11) is 0. The van der Waals surface area contributed by atoms with Crippen molar-refractivity contribution < 1.29 is 4.39 Å². The van der Waals surface area contributed by atoms with E-state index in [1.165, 1.54) is 23.9 Å².